The van der Waals surface area contributed by atoms with Crippen LogP contribution >= 0.6 is 11.3 Å². The number of hydrogen-bond donors (Lipinski definition) is 0. The Morgan fingerprint density at radius 2 is 2.12 bits per heavy atom. The summed E-state index contributed by atoms with van der Waals surface area (Å²) in [5, 5.41) is 8.81. The number of esters is 1. The van der Waals surface area contributed by atoms with E-state index in [1.807, 2.05) is 36.4 Å². The maximum Gasteiger partial charge on any atom is 0.306 e. The summed E-state index contributed by atoms with van der Waals surface area (Å²) in [6.07, 6.45) is 4.44. The molecule has 0 atom stereocenters. The number of rotatable bonds is 6. The van der Waals surface area contributed by atoms with Gasteiger partial charge < -0.3 is 4.74 Å². The third kappa shape index (κ3) is 4.72. The van der Waals surface area contributed by atoms with Crippen LogP contribution in [-0.4, -0.2) is 15.9 Å². The molecule has 0 aliphatic heterocycles. The van der Waals surface area contributed by atoms with Crippen molar-refractivity contribution in [2.75, 3.05) is 0 Å². The highest BCUT2D eigenvalue weighted by Crippen LogP contribution is 2.20. The van der Waals surface area contributed by atoms with E-state index in [0.717, 1.165) is 21.6 Å². The smallest absolute Gasteiger partial charge is 0.306 e. The zero-order chi connectivity index (χ0) is 17.5. The van der Waals surface area contributed by atoms with E-state index in [9.17, 15) is 4.79 Å². The van der Waals surface area contributed by atoms with Crippen LogP contribution < -0.4 is 0 Å². The molecule has 0 aliphatic rings. The molecular formula is C19H15N3O2S. The van der Waals surface area contributed by atoms with Gasteiger partial charge in [-0.1, -0.05) is 18.2 Å². The molecule has 0 aliphatic carbocycles. The van der Waals surface area contributed by atoms with Crippen LogP contribution in [0.3, 0.4) is 0 Å². The first-order chi connectivity index (χ1) is 12.2. The molecular weight excluding hydrogens is 334 g/mol. The van der Waals surface area contributed by atoms with Crippen LogP contribution in [0.25, 0.3) is 11.1 Å². The number of carbonyl (C=O) groups excluding carboxylic acids is 1. The molecule has 0 saturated heterocycles. The summed E-state index contributed by atoms with van der Waals surface area (Å²) in [4.78, 5) is 21.0. The SMILES string of the molecule is N#Cc1ccc(-c2cccc(COC(=O)CCc3cncs3)c2)cn1. The Labute approximate surface area is 149 Å². The van der Waals surface area contributed by atoms with Gasteiger partial charge in [0.25, 0.3) is 0 Å². The van der Waals surface area contributed by atoms with Gasteiger partial charge in [-0.05, 0) is 35.7 Å². The fourth-order valence-electron chi connectivity index (χ4n) is 2.30. The molecule has 124 valence electrons. The van der Waals surface area contributed by atoms with Gasteiger partial charge in [0.2, 0.25) is 0 Å². The Bertz CT molecular complexity index is 884. The number of hydrogen-bond acceptors (Lipinski definition) is 6. The number of pyridine rings is 1. The number of benzene rings is 1. The zero-order valence-electron chi connectivity index (χ0n) is 13.4. The summed E-state index contributed by atoms with van der Waals surface area (Å²) >= 11 is 1.54. The minimum absolute atomic E-state index is 0.223. The lowest BCUT2D eigenvalue weighted by Gasteiger charge is -2.07. The van der Waals surface area contributed by atoms with Gasteiger partial charge in [0.05, 0.1) is 11.9 Å². The molecule has 2 aromatic heterocycles. The second-order valence-electron chi connectivity index (χ2n) is 5.37. The van der Waals surface area contributed by atoms with E-state index in [1.165, 1.54) is 11.3 Å². The fraction of sp³-hybridized carbons (Fsp3) is 0.158. The van der Waals surface area contributed by atoms with E-state index in [2.05, 4.69) is 9.97 Å². The van der Waals surface area contributed by atoms with Crippen molar-refractivity contribution >= 4 is 17.3 Å². The van der Waals surface area contributed by atoms with E-state index < -0.39 is 0 Å². The third-order valence-corrected chi connectivity index (χ3v) is 4.44. The van der Waals surface area contributed by atoms with Gasteiger partial charge in [-0.2, -0.15) is 5.26 Å². The molecule has 0 fully saturated rings. The Kier molecular flexibility index (Phi) is 5.50. The van der Waals surface area contributed by atoms with Crippen LogP contribution in [-0.2, 0) is 22.6 Å². The van der Waals surface area contributed by atoms with Crippen molar-refractivity contribution in [3.8, 4) is 17.2 Å². The second kappa shape index (κ2) is 8.18. The van der Waals surface area contributed by atoms with Gasteiger partial charge in [0.1, 0.15) is 18.4 Å². The van der Waals surface area contributed by atoms with Crippen LogP contribution in [0, 0.1) is 11.3 Å². The number of nitriles is 1. The first-order valence-corrected chi connectivity index (χ1v) is 8.61. The second-order valence-corrected chi connectivity index (χ2v) is 6.34. The summed E-state index contributed by atoms with van der Waals surface area (Å²) in [6, 6.07) is 13.3. The van der Waals surface area contributed by atoms with E-state index in [4.69, 9.17) is 10.00 Å². The molecule has 0 unspecified atom stereocenters. The Balaban J connectivity index is 1.57. The van der Waals surface area contributed by atoms with Crippen LogP contribution in [0.1, 0.15) is 22.6 Å². The van der Waals surface area contributed by atoms with Gasteiger partial charge >= 0.3 is 5.97 Å². The van der Waals surface area contributed by atoms with Crippen LogP contribution in [0.2, 0.25) is 0 Å². The van der Waals surface area contributed by atoms with E-state index >= 15 is 0 Å². The molecule has 25 heavy (non-hydrogen) atoms. The highest BCUT2D eigenvalue weighted by atomic mass is 32.1. The summed E-state index contributed by atoms with van der Waals surface area (Å²) in [7, 11) is 0. The van der Waals surface area contributed by atoms with Crippen molar-refractivity contribution in [1.29, 1.82) is 5.26 Å². The van der Waals surface area contributed by atoms with Crippen molar-refractivity contribution in [2.24, 2.45) is 0 Å². The van der Waals surface area contributed by atoms with Gasteiger partial charge in [-0.3, -0.25) is 9.78 Å². The van der Waals surface area contributed by atoms with Crippen LogP contribution in [0.4, 0.5) is 0 Å². The molecule has 2 heterocycles. The van der Waals surface area contributed by atoms with E-state index in [0.29, 0.717) is 18.5 Å². The highest BCUT2D eigenvalue weighted by molar-refractivity contribution is 7.09. The predicted molar refractivity (Wildman–Crippen MR) is 94.6 cm³/mol. The third-order valence-electron chi connectivity index (χ3n) is 3.60. The molecule has 0 bridgehead atoms. The van der Waals surface area contributed by atoms with Crippen molar-refractivity contribution in [2.45, 2.75) is 19.4 Å². The van der Waals surface area contributed by atoms with Crippen LogP contribution in [0.5, 0.6) is 0 Å². The normalized spacial score (nSPS) is 10.2. The number of aryl methyl sites for hydroxylation is 1. The quantitative estimate of drug-likeness (QED) is 0.634. The lowest BCUT2D eigenvalue weighted by atomic mass is 10.0. The Hall–Kier alpha value is -3.04. The first kappa shape index (κ1) is 16.8. The van der Waals surface area contributed by atoms with Gasteiger partial charge in [-0.15, -0.1) is 11.3 Å². The minimum atomic E-state index is -0.223. The number of thiazole rings is 1. The summed E-state index contributed by atoms with van der Waals surface area (Å²) in [5.41, 5.74) is 4.93. The predicted octanol–water partition coefficient (Wildman–Crippen LogP) is 3.75. The number of carbonyl (C=O) groups is 1. The molecule has 5 nitrogen and oxygen atoms in total. The largest absolute Gasteiger partial charge is 0.461 e. The van der Waals surface area contributed by atoms with E-state index in [-0.39, 0.29) is 12.6 Å². The standard InChI is InChI=1S/C19H15N3O2S/c20-9-17-5-4-16(10-22-17)15-3-1-2-14(8-15)12-24-19(23)7-6-18-11-21-13-25-18/h1-5,8,10-11,13H,6-7,12H2. The molecule has 0 saturated carbocycles. The molecule has 1 aromatic carbocycles. The number of nitrogens with zero attached hydrogens (tertiary/aromatic N) is 3. The summed E-state index contributed by atoms with van der Waals surface area (Å²) in [5.74, 6) is -0.223. The van der Waals surface area contributed by atoms with E-state index in [1.54, 1.807) is 24.0 Å². The molecule has 0 amide bonds. The monoisotopic (exact) mass is 349 g/mol. The molecule has 0 spiro atoms. The average Bonchev–Trinajstić information content (AvgIpc) is 3.19. The van der Waals surface area contributed by atoms with Crippen LogP contribution in [0.15, 0.2) is 54.3 Å². The Morgan fingerprint density at radius 3 is 2.84 bits per heavy atom. The van der Waals surface area contributed by atoms with Gasteiger partial charge in [-0.25, -0.2) is 4.98 Å². The molecule has 6 heteroatoms. The Morgan fingerprint density at radius 1 is 1.20 bits per heavy atom. The number of aromatic nitrogens is 2. The molecule has 3 aromatic rings. The maximum atomic E-state index is 11.9. The fourth-order valence-corrected chi connectivity index (χ4v) is 2.90. The zero-order valence-corrected chi connectivity index (χ0v) is 14.2. The highest BCUT2D eigenvalue weighted by Gasteiger charge is 2.06. The van der Waals surface area contributed by atoms with Crippen molar-refractivity contribution in [1.82, 2.24) is 9.97 Å². The number of ether oxygens (including phenoxy) is 1. The summed E-state index contributed by atoms with van der Waals surface area (Å²) < 4.78 is 5.34. The maximum absolute atomic E-state index is 11.9. The molecule has 0 N–H and O–H groups in total. The van der Waals surface area contributed by atoms with Crippen molar-refractivity contribution < 1.29 is 9.53 Å². The van der Waals surface area contributed by atoms with Crippen molar-refractivity contribution in [3.63, 3.8) is 0 Å². The minimum Gasteiger partial charge on any atom is -0.461 e. The summed E-state index contributed by atoms with van der Waals surface area (Å²) in [6.45, 7) is 0.235. The van der Waals surface area contributed by atoms with Gasteiger partial charge in [0.15, 0.2) is 0 Å². The lowest BCUT2D eigenvalue weighted by molar-refractivity contribution is -0.144. The molecule has 3 rings (SSSR count). The average molecular weight is 349 g/mol. The molecule has 0 radical (unpaired) electrons. The van der Waals surface area contributed by atoms with Gasteiger partial charge in [0, 0.05) is 22.8 Å². The lowest BCUT2D eigenvalue weighted by Crippen LogP contribution is -2.05. The topological polar surface area (TPSA) is 75.9 Å². The van der Waals surface area contributed by atoms with Crippen molar-refractivity contribution in [3.05, 3.63) is 70.4 Å². The first-order valence-electron chi connectivity index (χ1n) is 7.73.